The van der Waals surface area contributed by atoms with E-state index < -0.39 is 0 Å². The number of hydrazine groups is 1. The van der Waals surface area contributed by atoms with Gasteiger partial charge in [0.05, 0.1) is 25.0 Å². The van der Waals surface area contributed by atoms with Gasteiger partial charge in [-0.15, -0.1) is 0 Å². The second-order valence-corrected chi connectivity index (χ2v) is 4.35. The molecule has 0 spiro atoms. The number of benzene rings is 1. The van der Waals surface area contributed by atoms with Crippen molar-refractivity contribution in [3.8, 4) is 17.1 Å². The summed E-state index contributed by atoms with van der Waals surface area (Å²) >= 11 is 0. The van der Waals surface area contributed by atoms with Crippen molar-refractivity contribution in [1.82, 2.24) is 9.97 Å². The standard InChI is InChI=1S/C14H18N4O2/c1-9-4-5-11(12(6-9)20-3)14-16-10(8-19-2)7-13(17-14)18-15/h4-7H,8,15H2,1-3H3,(H,16,17,18). The molecule has 2 aromatic rings. The first-order valence-electron chi connectivity index (χ1n) is 6.16. The van der Waals surface area contributed by atoms with E-state index in [-0.39, 0.29) is 0 Å². The van der Waals surface area contributed by atoms with E-state index in [0.717, 1.165) is 22.6 Å². The smallest absolute Gasteiger partial charge is 0.165 e. The van der Waals surface area contributed by atoms with Crippen LogP contribution in [0.4, 0.5) is 5.82 Å². The molecule has 0 fully saturated rings. The highest BCUT2D eigenvalue weighted by molar-refractivity contribution is 5.66. The fourth-order valence-electron chi connectivity index (χ4n) is 1.90. The molecule has 1 heterocycles. The van der Waals surface area contributed by atoms with Gasteiger partial charge in [-0.2, -0.15) is 0 Å². The largest absolute Gasteiger partial charge is 0.496 e. The highest BCUT2D eigenvalue weighted by Gasteiger charge is 2.11. The van der Waals surface area contributed by atoms with E-state index in [1.165, 1.54) is 0 Å². The number of rotatable bonds is 5. The summed E-state index contributed by atoms with van der Waals surface area (Å²) < 4.78 is 10.5. The zero-order valence-corrected chi connectivity index (χ0v) is 11.8. The van der Waals surface area contributed by atoms with E-state index in [1.807, 2.05) is 25.1 Å². The Morgan fingerprint density at radius 2 is 2.00 bits per heavy atom. The summed E-state index contributed by atoms with van der Waals surface area (Å²) in [7, 11) is 3.24. The van der Waals surface area contributed by atoms with Crippen molar-refractivity contribution in [2.45, 2.75) is 13.5 Å². The van der Waals surface area contributed by atoms with Crippen LogP contribution in [0, 0.1) is 6.92 Å². The number of ether oxygens (including phenoxy) is 2. The zero-order chi connectivity index (χ0) is 14.5. The van der Waals surface area contributed by atoms with Gasteiger partial charge in [0.15, 0.2) is 5.82 Å². The molecule has 0 saturated carbocycles. The molecule has 0 aliphatic carbocycles. The first kappa shape index (κ1) is 14.2. The van der Waals surface area contributed by atoms with Crippen LogP contribution in [0.15, 0.2) is 24.3 Å². The summed E-state index contributed by atoms with van der Waals surface area (Å²) in [5.41, 5.74) is 5.20. The predicted octanol–water partition coefficient (Wildman–Crippen LogP) is 1.89. The minimum absolute atomic E-state index is 0.387. The molecular weight excluding hydrogens is 256 g/mol. The number of anilines is 1. The molecule has 0 aliphatic heterocycles. The third-order valence-corrected chi connectivity index (χ3v) is 2.82. The molecule has 6 nitrogen and oxygen atoms in total. The maximum atomic E-state index is 5.44. The Labute approximate surface area is 117 Å². The number of nitrogens with zero attached hydrogens (tertiary/aromatic N) is 2. The Morgan fingerprint density at radius 3 is 2.65 bits per heavy atom. The number of nitrogens with two attached hydrogens (primary N) is 1. The molecule has 20 heavy (non-hydrogen) atoms. The van der Waals surface area contributed by atoms with Gasteiger partial charge in [0.1, 0.15) is 11.6 Å². The molecular formula is C14H18N4O2. The molecule has 0 unspecified atom stereocenters. The number of nitrogen functional groups attached to an aromatic ring is 1. The normalized spacial score (nSPS) is 10.4. The van der Waals surface area contributed by atoms with Crippen molar-refractivity contribution in [1.29, 1.82) is 0 Å². The minimum atomic E-state index is 0.387. The molecule has 6 heteroatoms. The molecule has 0 atom stereocenters. The van der Waals surface area contributed by atoms with Gasteiger partial charge in [0.25, 0.3) is 0 Å². The van der Waals surface area contributed by atoms with Crippen molar-refractivity contribution < 1.29 is 9.47 Å². The van der Waals surface area contributed by atoms with Crippen LogP contribution in [0.2, 0.25) is 0 Å². The number of hydrogen-bond acceptors (Lipinski definition) is 6. The van der Waals surface area contributed by atoms with Crippen LogP contribution in [-0.4, -0.2) is 24.2 Å². The topological polar surface area (TPSA) is 82.3 Å². The molecule has 1 aromatic heterocycles. The lowest BCUT2D eigenvalue weighted by molar-refractivity contribution is 0.181. The Balaban J connectivity index is 2.53. The number of methoxy groups -OCH3 is 2. The minimum Gasteiger partial charge on any atom is -0.496 e. The van der Waals surface area contributed by atoms with Gasteiger partial charge in [-0.05, 0) is 24.6 Å². The average molecular weight is 274 g/mol. The summed E-state index contributed by atoms with van der Waals surface area (Å²) in [6.07, 6.45) is 0. The lowest BCUT2D eigenvalue weighted by Gasteiger charge is -2.11. The van der Waals surface area contributed by atoms with E-state index in [1.54, 1.807) is 20.3 Å². The molecule has 2 rings (SSSR count). The zero-order valence-electron chi connectivity index (χ0n) is 11.8. The lowest BCUT2D eigenvalue weighted by Crippen LogP contribution is -2.11. The molecule has 0 aliphatic rings. The third-order valence-electron chi connectivity index (χ3n) is 2.82. The predicted molar refractivity (Wildman–Crippen MR) is 77.3 cm³/mol. The van der Waals surface area contributed by atoms with E-state index in [2.05, 4.69) is 15.4 Å². The van der Waals surface area contributed by atoms with Gasteiger partial charge in [-0.3, -0.25) is 0 Å². The first-order chi connectivity index (χ1) is 9.67. The van der Waals surface area contributed by atoms with Crippen LogP contribution in [-0.2, 0) is 11.3 Å². The van der Waals surface area contributed by atoms with Crippen LogP contribution >= 0.6 is 0 Å². The van der Waals surface area contributed by atoms with Crippen molar-refractivity contribution in [3.63, 3.8) is 0 Å². The highest BCUT2D eigenvalue weighted by Crippen LogP contribution is 2.29. The molecule has 3 N–H and O–H groups in total. The van der Waals surface area contributed by atoms with Gasteiger partial charge in [0.2, 0.25) is 0 Å². The van der Waals surface area contributed by atoms with Crippen LogP contribution in [0.25, 0.3) is 11.4 Å². The number of hydrogen-bond donors (Lipinski definition) is 2. The van der Waals surface area contributed by atoms with Crippen molar-refractivity contribution >= 4 is 5.82 Å². The van der Waals surface area contributed by atoms with Gasteiger partial charge >= 0.3 is 0 Å². The van der Waals surface area contributed by atoms with Crippen LogP contribution in [0.1, 0.15) is 11.3 Å². The average Bonchev–Trinajstić information content (AvgIpc) is 2.47. The fraction of sp³-hybridized carbons (Fsp3) is 0.286. The summed E-state index contributed by atoms with van der Waals surface area (Å²) in [5, 5.41) is 0. The van der Waals surface area contributed by atoms with E-state index in [4.69, 9.17) is 15.3 Å². The summed E-state index contributed by atoms with van der Waals surface area (Å²) in [6.45, 7) is 2.39. The van der Waals surface area contributed by atoms with Gasteiger partial charge < -0.3 is 14.9 Å². The molecule has 0 bridgehead atoms. The van der Waals surface area contributed by atoms with Gasteiger partial charge in [0, 0.05) is 13.2 Å². The second-order valence-electron chi connectivity index (χ2n) is 4.35. The Hall–Kier alpha value is -2.18. The second kappa shape index (κ2) is 6.31. The molecule has 106 valence electrons. The quantitative estimate of drug-likeness (QED) is 0.640. The Kier molecular flexibility index (Phi) is 4.49. The monoisotopic (exact) mass is 274 g/mol. The van der Waals surface area contributed by atoms with Crippen LogP contribution in [0.5, 0.6) is 5.75 Å². The molecule has 1 aromatic carbocycles. The SMILES string of the molecule is COCc1cc(NN)nc(-c2ccc(C)cc2OC)n1. The van der Waals surface area contributed by atoms with Crippen molar-refractivity contribution in [3.05, 3.63) is 35.5 Å². The molecule has 0 radical (unpaired) electrons. The summed E-state index contributed by atoms with van der Waals surface area (Å²) in [4.78, 5) is 8.83. The Morgan fingerprint density at radius 1 is 1.20 bits per heavy atom. The lowest BCUT2D eigenvalue weighted by atomic mass is 10.1. The van der Waals surface area contributed by atoms with Gasteiger partial charge in [-0.25, -0.2) is 15.8 Å². The van der Waals surface area contributed by atoms with Crippen molar-refractivity contribution in [2.24, 2.45) is 5.84 Å². The van der Waals surface area contributed by atoms with E-state index >= 15 is 0 Å². The summed E-state index contributed by atoms with van der Waals surface area (Å²) in [6, 6.07) is 7.60. The summed E-state index contributed by atoms with van der Waals surface area (Å²) in [5.74, 6) is 7.25. The molecule has 0 saturated heterocycles. The van der Waals surface area contributed by atoms with E-state index in [0.29, 0.717) is 18.2 Å². The van der Waals surface area contributed by atoms with Crippen LogP contribution < -0.4 is 16.0 Å². The first-order valence-corrected chi connectivity index (χ1v) is 6.16. The number of nitrogens with one attached hydrogen (secondary N) is 1. The number of aryl methyl sites for hydroxylation is 1. The maximum Gasteiger partial charge on any atom is 0.165 e. The van der Waals surface area contributed by atoms with Crippen molar-refractivity contribution in [2.75, 3.05) is 19.6 Å². The van der Waals surface area contributed by atoms with Gasteiger partial charge in [-0.1, -0.05) is 6.07 Å². The third kappa shape index (κ3) is 3.04. The highest BCUT2D eigenvalue weighted by atomic mass is 16.5. The number of aromatic nitrogens is 2. The Bertz CT molecular complexity index is 602. The van der Waals surface area contributed by atoms with E-state index in [9.17, 15) is 0 Å². The molecule has 0 amide bonds. The van der Waals surface area contributed by atoms with Crippen LogP contribution in [0.3, 0.4) is 0 Å². The fourth-order valence-corrected chi connectivity index (χ4v) is 1.90. The maximum absolute atomic E-state index is 5.44.